The maximum atomic E-state index is 10.6. The highest BCUT2D eigenvalue weighted by molar-refractivity contribution is 6.01. The first kappa shape index (κ1) is 14.6. The number of alkyl halides is 3. The first-order valence-corrected chi connectivity index (χ1v) is 5.64. The van der Waals surface area contributed by atoms with Gasteiger partial charge in [-0.3, -0.25) is 4.99 Å². The molecule has 8 heteroatoms. The Bertz CT molecular complexity index is 717. The second-order valence-electron chi connectivity index (χ2n) is 3.90. The van der Waals surface area contributed by atoms with Gasteiger partial charge in [0.15, 0.2) is 0 Å². The third kappa shape index (κ3) is 3.41. The van der Waals surface area contributed by atoms with Crippen molar-refractivity contribution in [2.45, 2.75) is 6.18 Å². The molecule has 0 atom stereocenters. The zero-order chi connectivity index (χ0) is 15.5. The van der Waals surface area contributed by atoms with Gasteiger partial charge >= 0.3 is 12.1 Å². The van der Waals surface area contributed by atoms with Gasteiger partial charge in [0.2, 0.25) is 0 Å². The van der Waals surface area contributed by atoms with E-state index >= 15 is 0 Å². The summed E-state index contributed by atoms with van der Waals surface area (Å²) >= 11 is 0. The number of fused-ring (bicyclic) bond motifs is 3. The third-order valence-corrected chi connectivity index (χ3v) is 2.52. The minimum atomic E-state index is -5.08. The summed E-state index contributed by atoms with van der Waals surface area (Å²) in [6.45, 7) is 0. The van der Waals surface area contributed by atoms with Crippen molar-refractivity contribution < 1.29 is 27.8 Å². The molecule has 3 rings (SSSR count). The van der Waals surface area contributed by atoms with Gasteiger partial charge in [0.25, 0.3) is 0 Å². The molecule has 1 aliphatic heterocycles. The van der Waals surface area contributed by atoms with Crippen LogP contribution in [-0.2, 0) is 4.79 Å². The Kier molecular flexibility index (Phi) is 3.97. The monoisotopic (exact) mass is 298 g/mol. The largest absolute Gasteiger partial charge is 0.490 e. The predicted molar refractivity (Wildman–Crippen MR) is 69.4 cm³/mol. The lowest BCUT2D eigenvalue weighted by Crippen LogP contribution is -2.21. The second kappa shape index (κ2) is 5.70. The van der Waals surface area contributed by atoms with E-state index < -0.39 is 12.1 Å². The van der Waals surface area contributed by atoms with Crippen LogP contribution in [0.5, 0.6) is 5.75 Å². The first-order valence-electron chi connectivity index (χ1n) is 5.64. The average Bonchev–Trinajstić information content (AvgIpc) is 2.76. The molecule has 2 aromatic rings. The molecule has 0 aliphatic carbocycles. The molecule has 0 spiro atoms. The lowest BCUT2D eigenvalue weighted by atomic mass is 10.1. The van der Waals surface area contributed by atoms with Gasteiger partial charge < -0.3 is 14.8 Å². The minimum absolute atomic E-state index is 0.842. The molecule has 2 heterocycles. The summed E-state index contributed by atoms with van der Waals surface area (Å²) in [6, 6.07) is 5.96. The van der Waals surface area contributed by atoms with Crippen LogP contribution in [0.25, 0.3) is 10.9 Å². The van der Waals surface area contributed by atoms with E-state index in [-0.39, 0.29) is 0 Å². The third-order valence-electron chi connectivity index (χ3n) is 2.52. The number of nitrogens with one attached hydrogen (secondary N) is 1. The number of hydrogen-bond acceptors (Lipinski definition) is 3. The number of carbonyl (C=O) groups is 1. The highest BCUT2D eigenvalue weighted by Gasteiger charge is 2.38. The number of nitrogens with zero attached hydrogens (tertiary/aromatic N) is 1. The number of aromatic amines is 1. The fourth-order valence-corrected chi connectivity index (χ4v) is 1.63. The van der Waals surface area contributed by atoms with Crippen LogP contribution in [-0.4, -0.2) is 28.5 Å². The van der Waals surface area contributed by atoms with E-state index in [1.807, 2.05) is 30.6 Å². The average molecular weight is 298 g/mol. The van der Waals surface area contributed by atoms with Crippen LogP contribution in [0.3, 0.4) is 0 Å². The number of carboxylic acid groups (broad SMARTS) is 1. The number of aliphatic carboxylic acids is 1. The van der Waals surface area contributed by atoms with Gasteiger partial charge in [-0.2, -0.15) is 13.2 Å². The molecule has 0 amide bonds. The topological polar surface area (TPSA) is 74.7 Å². The Hall–Kier alpha value is -2.77. The molecule has 0 bridgehead atoms. The highest BCUT2D eigenvalue weighted by atomic mass is 19.4. The summed E-state index contributed by atoms with van der Waals surface area (Å²) < 4.78 is 37.1. The molecule has 5 nitrogen and oxygen atoms in total. The fourth-order valence-electron chi connectivity index (χ4n) is 1.63. The van der Waals surface area contributed by atoms with Gasteiger partial charge in [0.05, 0.1) is 6.20 Å². The maximum Gasteiger partial charge on any atom is 0.490 e. The number of ether oxygens (including phenoxy) is 1. The Morgan fingerprint density at radius 3 is 2.67 bits per heavy atom. The molecular weight excluding hydrogens is 289 g/mol. The van der Waals surface area contributed by atoms with Crippen molar-refractivity contribution in [2.24, 2.45) is 4.99 Å². The van der Waals surface area contributed by atoms with Crippen LogP contribution in [0.2, 0.25) is 0 Å². The lowest BCUT2D eigenvalue weighted by molar-refractivity contribution is -0.192. The highest BCUT2D eigenvalue weighted by Crippen LogP contribution is 2.27. The normalized spacial score (nSPS) is 12.9. The molecule has 1 aromatic heterocycles. The van der Waals surface area contributed by atoms with Gasteiger partial charge in [-0.05, 0) is 18.2 Å². The van der Waals surface area contributed by atoms with Gasteiger partial charge in [0.1, 0.15) is 12.0 Å². The lowest BCUT2D eigenvalue weighted by Gasteiger charge is -2.03. The number of benzene rings is 1. The molecule has 2 N–H and O–H groups in total. The van der Waals surface area contributed by atoms with Crippen molar-refractivity contribution >= 4 is 23.1 Å². The van der Waals surface area contributed by atoms with Crippen molar-refractivity contribution in [3.8, 4) is 5.75 Å². The van der Waals surface area contributed by atoms with E-state index in [1.54, 1.807) is 12.5 Å². The van der Waals surface area contributed by atoms with Crippen LogP contribution in [0.4, 0.5) is 13.2 Å². The summed E-state index contributed by atoms with van der Waals surface area (Å²) in [5, 5.41) is 8.26. The Morgan fingerprint density at radius 1 is 1.29 bits per heavy atom. The Balaban J connectivity index is 0.000000199. The molecule has 1 aliphatic rings. The molecule has 0 saturated heterocycles. The molecule has 21 heavy (non-hydrogen) atoms. The zero-order valence-corrected chi connectivity index (χ0v) is 10.4. The van der Waals surface area contributed by atoms with Crippen LogP contribution in [0.1, 0.15) is 5.56 Å². The minimum Gasteiger partial charge on any atom is -0.475 e. The van der Waals surface area contributed by atoms with Crippen LogP contribution >= 0.6 is 0 Å². The van der Waals surface area contributed by atoms with Crippen molar-refractivity contribution in [2.75, 3.05) is 0 Å². The predicted octanol–water partition coefficient (Wildman–Crippen LogP) is 3.08. The number of aliphatic imine (C=N–C) groups is 1. The van der Waals surface area contributed by atoms with E-state index in [9.17, 15) is 13.2 Å². The van der Waals surface area contributed by atoms with Gasteiger partial charge in [-0.25, -0.2) is 4.79 Å². The van der Waals surface area contributed by atoms with Gasteiger partial charge in [-0.15, -0.1) is 0 Å². The van der Waals surface area contributed by atoms with Gasteiger partial charge in [0, 0.05) is 28.9 Å². The first-order chi connectivity index (χ1) is 9.89. The van der Waals surface area contributed by atoms with E-state index in [0.717, 1.165) is 22.2 Å². The maximum absolute atomic E-state index is 10.6. The van der Waals surface area contributed by atoms with Crippen molar-refractivity contribution in [3.63, 3.8) is 0 Å². The van der Waals surface area contributed by atoms with Crippen LogP contribution < -0.4 is 4.74 Å². The number of H-pyrrole nitrogens is 1. The number of aromatic nitrogens is 1. The summed E-state index contributed by atoms with van der Waals surface area (Å²) in [5.41, 5.74) is 2.12. The van der Waals surface area contributed by atoms with E-state index in [4.69, 9.17) is 14.6 Å². The number of carboxylic acids is 1. The summed E-state index contributed by atoms with van der Waals surface area (Å²) in [7, 11) is 0. The van der Waals surface area contributed by atoms with Gasteiger partial charge in [-0.1, -0.05) is 0 Å². The fraction of sp³-hybridized carbons (Fsp3) is 0.0769. The SMILES string of the molecule is C1=COc2ccc3[nH]ccc3c2C=N1.O=C(O)C(F)(F)F. The number of hydrogen-bond donors (Lipinski definition) is 2. The quantitative estimate of drug-likeness (QED) is 0.785. The number of halogens is 3. The van der Waals surface area contributed by atoms with Crippen LogP contribution in [0.15, 0.2) is 41.9 Å². The van der Waals surface area contributed by atoms with Crippen molar-refractivity contribution in [3.05, 3.63) is 42.4 Å². The molecule has 0 saturated carbocycles. The van der Waals surface area contributed by atoms with Crippen molar-refractivity contribution in [1.29, 1.82) is 0 Å². The van der Waals surface area contributed by atoms with E-state index in [1.165, 1.54) is 0 Å². The summed E-state index contributed by atoms with van der Waals surface area (Å²) in [6.07, 6.45) is 1.87. The standard InChI is InChI=1S/C11H8N2O.C2HF3O2/c1-2-11-9(7-12-5-6-14-11)8-3-4-13-10(1)8;3-2(4,5)1(6)7/h1-7,13H;(H,6,7). The van der Waals surface area contributed by atoms with Crippen molar-refractivity contribution in [1.82, 2.24) is 4.98 Å². The molecular formula is C13H9F3N2O3. The molecule has 0 unspecified atom stereocenters. The Labute approximate surface area is 116 Å². The summed E-state index contributed by atoms with van der Waals surface area (Å²) in [4.78, 5) is 16.1. The molecule has 0 radical (unpaired) electrons. The molecule has 110 valence electrons. The van der Waals surface area contributed by atoms with E-state index in [2.05, 4.69) is 9.98 Å². The Morgan fingerprint density at radius 2 is 2.00 bits per heavy atom. The molecule has 1 aromatic carbocycles. The second-order valence-corrected chi connectivity index (χ2v) is 3.90. The smallest absolute Gasteiger partial charge is 0.475 e. The number of rotatable bonds is 0. The zero-order valence-electron chi connectivity index (χ0n) is 10.4. The van der Waals surface area contributed by atoms with E-state index in [0.29, 0.717) is 0 Å². The van der Waals surface area contributed by atoms with Crippen LogP contribution in [0, 0.1) is 0 Å². The molecule has 0 fully saturated rings. The summed E-state index contributed by atoms with van der Waals surface area (Å²) in [5.74, 6) is -1.91.